The van der Waals surface area contributed by atoms with E-state index in [2.05, 4.69) is 27.7 Å². The molecule has 0 rings (SSSR count). The van der Waals surface area contributed by atoms with Gasteiger partial charge in [-0.05, 0) is 0 Å². The summed E-state index contributed by atoms with van der Waals surface area (Å²) < 4.78 is 0. The zero-order valence-electron chi connectivity index (χ0n) is 7.70. The van der Waals surface area contributed by atoms with Crippen molar-refractivity contribution < 1.29 is 32.7 Å². The topological polar surface area (TPSA) is 0 Å². The molecule has 0 spiro atoms. The van der Waals surface area contributed by atoms with E-state index >= 15 is 0 Å². The Morgan fingerprint density at radius 1 is 0.778 bits per heavy atom. The second kappa shape index (κ2) is 35.5. The van der Waals surface area contributed by atoms with Crippen LogP contribution < -0.4 is 0 Å². The predicted molar refractivity (Wildman–Crippen MR) is 43.0 cm³/mol. The zero-order valence-corrected chi connectivity index (χ0v) is 10.5. The van der Waals surface area contributed by atoms with E-state index in [4.69, 9.17) is 0 Å². The Morgan fingerprint density at radius 3 is 0.889 bits per heavy atom. The normalized spacial score (nSPS) is 5.33. The van der Waals surface area contributed by atoms with Crippen LogP contribution in [0.2, 0.25) is 0 Å². The molecule has 0 atom stereocenters. The summed E-state index contributed by atoms with van der Waals surface area (Å²) >= 11 is 0. The molecular weight excluding hydrogens is 185 g/mol. The summed E-state index contributed by atoms with van der Waals surface area (Å²) in [4.78, 5) is 0. The van der Waals surface area contributed by atoms with Gasteiger partial charge in [0.15, 0.2) is 0 Å². The fourth-order valence-corrected chi connectivity index (χ4v) is 0. The second-order valence-electron chi connectivity index (χ2n) is 1.71. The number of rotatable bonds is 1. The van der Waals surface area contributed by atoms with Gasteiger partial charge in [-0.3, -0.25) is 0 Å². The van der Waals surface area contributed by atoms with Crippen LogP contribution in [-0.4, -0.2) is 0 Å². The summed E-state index contributed by atoms with van der Waals surface area (Å²) in [5.74, 6) is 0. The average Bonchev–Trinajstić information content (AvgIpc) is 1.69. The number of unbranched alkanes of at least 4 members (excludes halogenated alkanes) is 1. The van der Waals surface area contributed by atoms with Crippen molar-refractivity contribution in [2.75, 3.05) is 0 Å². The molecular formula is C8H21Y-. The summed E-state index contributed by atoms with van der Waals surface area (Å²) in [6.07, 6.45) is 3.89. The SMILES string of the molecule is CCC.CCCC.[CH3-].[Y]. The van der Waals surface area contributed by atoms with Crippen molar-refractivity contribution in [1.82, 2.24) is 0 Å². The third-order valence-electron chi connectivity index (χ3n) is 0.500. The molecule has 0 bridgehead atoms. The van der Waals surface area contributed by atoms with E-state index in [9.17, 15) is 0 Å². The van der Waals surface area contributed by atoms with Crippen LogP contribution >= 0.6 is 0 Å². The van der Waals surface area contributed by atoms with Crippen LogP contribution in [-0.2, 0) is 32.7 Å². The van der Waals surface area contributed by atoms with Gasteiger partial charge in [0.2, 0.25) is 0 Å². The standard InChI is InChI=1S/C4H10.C3H8.CH3.Y/c1-3-4-2;1-3-2;;/h3-4H2,1-2H3;3H2,1-2H3;1H3;/q;;-1;. The first-order valence-corrected chi connectivity index (χ1v) is 3.33. The minimum atomic E-state index is 0. The Hall–Kier alpha value is 1.10. The molecule has 0 fully saturated rings. The van der Waals surface area contributed by atoms with E-state index in [1.54, 1.807) is 0 Å². The first-order valence-electron chi connectivity index (χ1n) is 3.33. The molecule has 0 aromatic carbocycles. The van der Waals surface area contributed by atoms with Crippen LogP contribution in [0.1, 0.15) is 47.0 Å². The molecule has 0 aromatic rings. The van der Waals surface area contributed by atoms with E-state index in [0.717, 1.165) is 0 Å². The molecule has 1 heteroatoms. The predicted octanol–water partition coefficient (Wildman–Crippen LogP) is 3.67. The molecule has 0 amide bonds. The maximum Gasteiger partial charge on any atom is 0 e. The monoisotopic (exact) mass is 206 g/mol. The van der Waals surface area contributed by atoms with Gasteiger partial charge in [0.1, 0.15) is 0 Å². The summed E-state index contributed by atoms with van der Waals surface area (Å²) in [6, 6.07) is 0. The van der Waals surface area contributed by atoms with Crippen molar-refractivity contribution in [3.8, 4) is 0 Å². The van der Waals surface area contributed by atoms with Crippen molar-refractivity contribution in [3.05, 3.63) is 7.43 Å². The maximum absolute atomic E-state index is 2.18. The largest absolute Gasteiger partial charge is 0.358 e. The molecule has 0 aromatic heterocycles. The molecule has 57 valence electrons. The molecule has 0 aliphatic heterocycles. The van der Waals surface area contributed by atoms with Crippen LogP contribution in [0, 0.1) is 7.43 Å². The van der Waals surface area contributed by atoms with Crippen molar-refractivity contribution in [2.45, 2.75) is 47.0 Å². The molecule has 0 unspecified atom stereocenters. The second-order valence-corrected chi connectivity index (χ2v) is 1.71. The van der Waals surface area contributed by atoms with Gasteiger partial charge in [0, 0.05) is 32.7 Å². The van der Waals surface area contributed by atoms with Crippen molar-refractivity contribution in [2.24, 2.45) is 0 Å². The van der Waals surface area contributed by atoms with E-state index in [0.29, 0.717) is 0 Å². The van der Waals surface area contributed by atoms with Gasteiger partial charge in [-0.1, -0.05) is 47.0 Å². The van der Waals surface area contributed by atoms with Gasteiger partial charge in [-0.2, -0.15) is 0 Å². The minimum Gasteiger partial charge on any atom is -0.358 e. The van der Waals surface area contributed by atoms with Crippen molar-refractivity contribution in [1.29, 1.82) is 0 Å². The van der Waals surface area contributed by atoms with Gasteiger partial charge in [0.25, 0.3) is 0 Å². The zero-order chi connectivity index (χ0) is 6.12. The fourth-order valence-electron chi connectivity index (χ4n) is 0. The average molecular weight is 206 g/mol. The van der Waals surface area contributed by atoms with Crippen LogP contribution in [0.15, 0.2) is 0 Å². The van der Waals surface area contributed by atoms with Crippen LogP contribution in [0.25, 0.3) is 0 Å². The summed E-state index contributed by atoms with van der Waals surface area (Å²) in [5.41, 5.74) is 0. The summed E-state index contributed by atoms with van der Waals surface area (Å²) in [7, 11) is 0. The molecule has 1 radical (unpaired) electrons. The Labute approximate surface area is 86.7 Å². The van der Waals surface area contributed by atoms with E-state index < -0.39 is 0 Å². The Kier molecular flexibility index (Phi) is 88.7. The maximum atomic E-state index is 2.18. The van der Waals surface area contributed by atoms with Crippen LogP contribution in [0.3, 0.4) is 0 Å². The van der Waals surface area contributed by atoms with Gasteiger partial charge in [-0.15, -0.1) is 0 Å². The molecule has 0 heterocycles. The molecule has 0 N–H and O–H groups in total. The molecule has 9 heavy (non-hydrogen) atoms. The molecule has 0 aliphatic carbocycles. The van der Waals surface area contributed by atoms with Gasteiger partial charge >= 0.3 is 0 Å². The summed E-state index contributed by atoms with van der Waals surface area (Å²) in [6.45, 7) is 8.61. The molecule has 0 saturated carbocycles. The van der Waals surface area contributed by atoms with Gasteiger partial charge in [-0.25, -0.2) is 0 Å². The minimum absolute atomic E-state index is 0. The number of hydrogen-bond acceptors (Lipinski definition) is 0. The smallest absolute Gasteiger partial charge is 0 e. The van der Waals surface area contributed by atoms with E-state index in [-0.39, 0.29) is 40.1 Å². The van der Waals surface area contributed by atoms with Crippen molar-refractivity contribution >= 4 is 0 Å². The van der Waals surface area contributed by atoms with Gasteiger partial charge < -0.3 is 7.43 Å². The van der Waals surface area contributed by atoms with Crippen LogP contribution in [0.4, 0.5) is 0 Å². The first kappa shape index (κ1) is 22.5. The number of hydrogen-bond donors (Lipinski definition) is 0. The molecule has 0 aliphatic rings. The quantitative estimate of drug-likeness (QED) is 0.574. The van der Waals surface area contributed by atoms with Crippen molar-refractivity contribution in [3.63, 3.8) is 0 Å². The Bertz CT molecular complexity index is 12.0. The summed E-state index contributed by atoms with van der Waals surface area (Å²) in [5, 5.41) is 0. The Balaban J connectivity index is -0.0000000233. The first-order chi connectivity index (χ1) is 3.33. The fraction of sp³-hybridized carbons (Fsp3) is 0.875. The third kappa shape index (κ3) is 104. The van der Waals surface area contributed by atoms with E-state index in [1.165, 1.54) is 19.3 Å². The van der Waals surface area contributed by atoms with Crippen LogP contribution in [0.5, 0.6) is 0 Å². The third-order valence-corrected chi connectivity index (χ3v) is 0.500. The molecule has 0 nitrogen and oxygen atoms in total. The van der Waals surface area contributed by atoms with Gasteiger partial charge in [0.05, 0.1) is 0 Å². The molecule has 0 saturated heterocycles. The Morgan fingerprint density at radius 2 is 0.889 bits per heavy atom. The van der Waals surface area contributed by atoms with E-state index in [1.807, 2.05) is 0 Å².